The zero-order chi connectivity index (χ0) is 19.1. The monoisotopic (exact) mass is 357 g/mol. The van der Waals surface area contributed by atoms with Crippen LogP contribution in [0.4, 0.5) is 4.79 Å². The Hall–Kier alpha value is -0.850. The molecule has 1 saturated heterocycles. The molecule has 1 aliphatic rings. The molecular formula is C19H39N3O3. The van der Waals surface area contributed by atoms with E-state index in [2.05, 4.69) is 31.4 Å². The number of hydrogen-bond acceptors (Lipinski definition) is 5. The number of carbonyl (C=O) groups excluding carboxylic acids is 1. The highest BCUT2D eigenvalue weighted by atomic mass is 16.6. The molecule has 6 nitrogen and oxygen atoms in total. The van der Waals surface area contributed by atoms with E-state index in [1.807, 2.05) is 25.7 Å². The fourth-order valence-electron chi connectivity index (χ4n) is 3.19. The highest BCUT2D eigenvalue weighted by molar-refractivity contribution is 5.68. The van der Waals surface area contributed by atoms with Crippen LogP contribution in [0.15, 0.2) is 0 Å². The van der Waals surface area contributed by atoms with Gasteiger partial charge < -0.3 is 25.0 Å². The van der Waals surface area contributed by atoms with Crippen molar-refractivity contribution in [2.24, 2.45) is 5.41 Å². The van der Waals surface area contributed by atoms with E-state index in [4.69, 9.17) is 9.47 Å². The maximum absolute atomic E-state index is 12.4. The Morgan fingerprint density at radius 3 is 2.40 bits per heavy atom. The van der Waals surface area contributed by atoms with Gasteiger partial charge in [-0.15, -0.1) is 0 Å². The second kappa shape index (κ2) is 9.19. The molecule has 0 aromatic rings. The SMILES string of the molecule is COCC1(CNCCNC(C)(C)C)CCCN(C(=O)OC(C)(C)C)C1. The predicted octanol–water partition coefficient (Wildman–Crippen LogP) is 2.63. The van der Waals surface area contributed by atoms with Gasteiger partial charge in [-0.3, -0.25) is 0 Å². The van der Waals surface area contributed by atoms with Gasteiger partial charge in [-0.2, -0.15) is 0 Å². The maximum atomic E-state index is 12.4. The lowest BCUT2D eigenvalue weighted by Gasteiger charge is -2.42. The summed E-state index contributed by atoms with van der Waals surface area (Å²) in [6.07, 6.45) is 1.81. The summed E-state index contributed by atoms with van der Waals surface area (Å²) in [4.78, 5) is 14.3. The van der Waals surface area contributed by atoms with Gasteiger partial charge in [0.25, 0.3) is 0 Å². The number of ether oxygens (including phenoxy) is 2. The van der Waals surface area contributed by atoms with Crippen LogP contribution in [-0.2, 0) is 9.47 Å². The Balaban J connectivity index is 2.56. The summed E-state index contributed by atoms with van der Waals surface area (Å²) in [5, 5.41) is 7.02. The first-order valence-electron chi connectivity index (χ1n) is 9.39. The molecule has 1 atom stereocenters. The summed E-state index contributed by atoms with van der Waals surface area (Å²) >= 11 is 0. The van der Waals surface area contributed by atoms with Crippen molar-refractivity contribution in [3.05, 3.63) is 0 Å². The lowest BCUT2D eigenvalue weighted by Crippen LogP contribution is -2.53. The minimum absolute atomic E-state index is 0.0500. The molecule has 1 unspecified atom stereocenters. The van der Waals surface area contributed by atoms with Crippen molar-refractivity contribution in [3.8, 4) is 0 Å². The Kier molecular flexibility index (Phi) is 8.16. The summed E-state index contributed by atoms with van der Waals surface area (Å²) in [5.74, 6) is 0. The average Bonchev–Trinajstić information content (AvgIpc) is 2.44. The van der Waals surface area contributed by atoms with E-state index in [-0.39, 0.29) is 17.0 Å². The van der Waals surface area contributed by atoms with Crippen molar-refractivity contribution in [2.75, 3.05) is 46.4 Å². The van der Waals surface area contributed by atoms with Crippen LogP contribution in [0.5, 0.6) is 0 Å². The second-order valence-electron chi connectivity index (χ2n) is 9.29. The Morgan fingerprint density at radius 1 is 1.16 bits per heavy atom. The topological polar surface area (TPSA) is 62.8 Å². The first-order valence-corrected chi connectivity index (χ1v) is 9.39. The van der Waals surface area contributed by atoms with E-state index in [1.165, 1.54) is 0 Å². The molecule has 1 amide bonds. The molecule has 0 aromatic carbocycles. The Labute approximate surface area is 154 Å². The van der Waals surface area contributed by atoms with Gasteiger partial charge in [-0.25, -0.2) is 4.79 Å². The summed E-state index contributed by atoms with van der Waals surface area (Å²) in [5.41, 5.74) is -0.384. The number of hydrogen-bond donors (Lipinski definition) is 2. The highest BCUT2D eigenvalue weighted by Gasteiger charge is 2.38. The van der Waals surface area contributed by atoms with Crippen LogP contribution in [0.2, 0.25) is 0 Å². The predicted molar refractivity (Wildman–Crippen MR) is 102 cm³/mol. The quantitative estimate of drug-likeness (QED) is 0.686. The number of nitrogens with zero attached hydrogens (tertiary/aromatic N) is 1. The van der Waals surface area contributed by atoms with Gasteiger partial charge in [0, 0.05) is 50.8 Å². The van der Waals surface area contributed by atoms with Crippen LogP contribution in [0, 0.1) is 5.41 Å². The zero-order valence-electron chi connectivity index (χ0n) is 17.3. The fraction of sp³-hybridized carbons (Fsp3) is 0.947. The van der Waals surface area contributed by atoms with Crippen molar-refractivity contribution in [1.82, 2.24) is 15.5 Å². The van der Waals surface area contributed by atoms with Gasteiger partial charge in [-0.1, -0.05) is 0 Å². The standard InChI is InChI=1S/C19H39N3O3/c1-17(2,3)21-11-10-20-13-19(15-24-7)9-8-12-22(14-19)16(23)25-18(4,5)6/h20-21H,8-15H2,1-7H3. The molecule has 1 heterocycles. The molecule has 0 radical (unpaired) electrons. The van der Waals surface area contributed by atoms with Gasteiger partial charge in [0.05, 0.1) is 6.61 Å². The minimum atomic E-state index is -0.463. The molecule has 25 heavy (non-hydrogen) atoms. The highest BCUT2D eigenvalue weighted by Crippen LogP contribution is 2.30. The van der Waals surface area contributed by atoms with Crippen LogP contribution in [0.1, 0.15) is 54.4 Å². The molecule has 0 bridgehead atoms. The summed E-state index contributed by atoms with van der Waals surface area (Å²) < 4.78 is 11.0. The van der Waals surface area contributed by atoms with E-state index < -0.39 is 5.60 Å². The smallest absolute Gasteiger partial charge is 0.410 e. The van der Waals surface area contributed by atoms with Crippen molar-refractivity contribution < 1.29 is 14.3 Å². The van der Waals surface area contributed by atoms with Crippen LogP contribution < -0.4 is 10.6 Å². The van der Waals surface area contributed by atoms with E-state index in [0.29, 0.717) is 13.2 Å². The number of likely N-dealkylation sites (tertiary alicyclic amines) is 1. The normalized spacial score (nSPS) is 22.1. The van der Waals surface area contributed by atoms with Gasteiger partial charge in [0.2, 0.25) is 0 Å². The zero-order valence-corrected chi connectivity index (χ0v) is 17.3. The van der Waals surface area contributed by atoms with E-state index in [9.17, 15) is 4.79 Å². The molecule has 1 fully saturated rings. The van der Waals surface area contributed by atoms with Gasteiger partial charge in [0.1, 0.15) is 5.60 Å². The summed E-state index contributed by atoms with van der Waals surface area (Å²) in [6, 6.07) is 0. The van der Waals surface area contributed by atoms with E-state index in [0.717, 1.165) is 39.0 Å². The second-order valence-corrected chi connectivity index (χ2v) is 9.29. The molecule has 0 saturated carbocycles. The summed E-state index contributed by atoms with van der Waals surface area (Å²) in [6.45, 7) is 16.9. The fourth-order valence-corrected chi connectivity index (χ4v) is 3.19. The van der Waals surface area contributed by atoms with Crippen molar-refractivity contribution in [2.45, 2.75) is 65.5 Å². The molecule has 0 spiro atoms. The molecule has 1 rings (SSSR count). The van der Waals surface area contributed by atoms with Crippen LogP contribution in [0.25, 0.3) is 0 Å². The lowest BCUT2D eigenvalue weighted by molar-refractivity contribution is -0.0153. The van der Waals surface area contributed by atoms with Crippen LogP contribution in [-0.4, -0.2) is 68.6 Å². The van der Waals surface area contributed by atoms with Crippen LogP contribution >= 0.6 is 0 Å². The molecule has 0 aromatic heterocycles. The largest absolute Gasteiger partial charge is 0.444 e. The molecule has 6 heteroatoms. The molecule has 148 valence electrons. The average molecular weight is 358 g/mol. The van der Waals surface area contributed by atoms with Gasteiger partial charge in [0.15, 0.2) is 0 Å². The number of amides is 1. The molecule has 2 N–H and O–H groups in total. The van der Waals surface area contributed by atoms with E-state index >= 15 is 0 Å². The number of rotatable bonds is 7. The number of piperidine rings is 1. The van der Waals surface area contributed by atoms with Gasteiger partial charge >= 0.3 is 6.09 Å². The lowest BCUT2D eigenvalue weighted by atomic mass is 9.80. The Morgan fingerprint density at radius 2 is 1.84 bits per heavy atom. The first kappa shape index (κ1) is 22.2. The maximum Gasteiger partial charge on any atom is 0.410 e. The van der Waals surface area contributed by atoms with Gasteiger partial charge in [-0.05, 0) is 54.4 Å². The third kappa shape index (κ3) is 8.88. The van der Waals surface area contributed by atoms with Crippen LogP contribution in [0.3, 0.4) is 0 Å². The number of nitrogens with one attached hydrogen (secondary N) is 2. The molecular weight excluding hydrogens is 318 g/mol. The third-order valence-electron chi connectivity index (χ3n) is 4.22. The minimum Gasteiger partial charge on any atom is -0.444 e. The van der Waals surface area contributed by atoms with Crippen molar-refractivity contribution in [3.63, 3.8) is 0 Å². The first-order chi connectivity index (χ1) is 11.5. The Bertz CT molecular complexity index is 411. The number of methoxy groups -OCH3 is 1. The van der Waals surface area contributed by atoms with Crippen molar-refractivity contribution >= 4 is 6.09 Å². The number of carbonyl (C=O) groups is 1. The molecule has 1 aliphatic heterocycles. The van der Waals surface area contributed by atoms with E-state index in [1.54, 1.807) is 7.11 Å². The third-order valence-corrected chi connectivity index (χ3v) is 4.22. The van der Waals surface area contributed by atoms with Crippen molar-refractivity contribution in [1.29, 1.82) is 0 Å². The molecule has 0 aliphatic carbocycles. The summed E-state index contributed by atoms with van der Waals surface area (Å²) in [7, 11) is 1.73.